The van der Waals surface area contributed by atoms with Gasteiger partial charge in [0.05, 0.1) is 11.1 Å². The molecule has 0 aliphatic heterocycles. The Morgan fingerprint density at radius 3 is 1.76 bits per heavy atom. The SMILES string of the molecule is NCc1cc(C(F)(F)F)c(I)cc1C(F)(F)F. The first kappa shape index (κ1) is 14.6. The molecule has 0 atom stereocenters. The summed E-state index contributed by atoms with van der Waals surface area (Å²) in [6.07, 6.45) is -9.40. The van der Waals surface area contributed by atoms with Crippen LogP contribution in [0, 0.1) is 3.57 Å². The summed E-state index contributed by atoms with van der Waals surface area (Å²) in [5, 5.41) is 0. The van der Waals surface area contributed by atoms with Crippen molar-refractivity contribution in [3.8, 4) is 0 Å². The Labute approximate surface area is 106 Å². The van der Waals surface area contributed by atoms with Crippen LogP contribution in [0.4, 0.5) is 26.3 Å². The Bertz CT molecular complexity index is 423. The molecular formula is C9H6F6IN. The highest BCUT2D eigenvalue weighted by Crippen LogP contribution is 2.39. The van der Waals surface area contributed by atoms with Crippen molar-refractivity contribution in [3.05, 3.63) is 32.4 Å². The van der Waals surface area contributed by atoms with Crippen molar-refractivity contribution in [2.45, 2.75) is 18.9 Å². The van der Waals surface area contributed by atoms with Gasteiger partial charge >= 0.3 is 12.4 Å². The Morgan fingerprint density at radius 2 is 1.41 bits per heavy atom. The third-order valence-corrected chi connectivity index (χ3v) is 2.92. The summed E-state index contributed by atoms with van der Waals surface area (Å²) in [5.41, 5.74) is 2.24. The molecule has 0 bridgehead atoms. The fraction of sp³-hybridized carbons (Fsp3) is 0.333. The molecule has 0 saturated heterocycles. The van der Waals surface area contributed by atoms with Gasteiger partial charge < -0.3 is 5.73 Å². The quantitative estimate of drug-likeness (QED) is 0.592. The molecule has 0 amide bonds. The monoisotopic (exact) mass is 369 g/mol. The van der Waals surface area contributed by atoms with Gasteiger partial charge in [0.2, 0.25) is 0 Å². The number of alkyl halides is 6. The second-order valence-corrected chi connectivity index (χ2v) is 4.35. The van der Waals surface area contributed by atoms with Crippen LogP contribution in [0.2, 0.25) is 0 Å². The van der Waals surface area contributed by atoms with E-state index < -0.39 is 39.2 Å². The van der Waals surface area contributed by atoms with Gasteiger partial charge in [0, 0.05) is 10.1 Å². The normalized spacial score (nSPS) is 12.9. The minimum absolute atomic E-state index is 0.449. The lowest BCUT2D eigenvalue weighted by Gasteiger charge is -2.16. The molecule has 2 N–H and O–H groups in total. The highest BCUT2D eigenvalue weighted by Gasteiger charge is 2.38. The second kappa shape index (κ2) is 4.63. The van der Waals surface area contributed by atoms with Crippen LogP contribution in [0.5, 0.6) is 0 Å². The molecule has 1 aromatic rings. The predicted molar refractivity (Wildman–Crippen MR) is 57.1 cm³/mol. The molecule has 0 fully saturated rings. The summed E-state index contributed by atoms with van der Waals surface area (Å²) in [5.74, 6) is 0. The van der Waals surface area contributed by atoms with Crippen LogP contribution in [0.1, 0.15) is 16.7 Å². The molecule has 0 aliphatic rings. The van der Waals surface area contributed by atoms with Gasteiger partial charge in [-0.15, -0.1) is 0 Å². The zero-order valence-corrected chi connectivity index (χ0v) is 10.2. The molecule has 1 rings (SSSR count). The Morgan fingerprint density at radius 1 is 0.941 bits per heavy atom. The van der Waals surface area contributed by atoms with Gasteiger partial charge in [-0.1, -0.05) is 0 Å². The topological polar surface area (TPSA) is 26.0 Å². The van der Waals surface area contributed by atoms with Gasteiger partial charge in [-0.3, -0.25) is 0 Å². The fourth-order valence-corrected chi connectivity index (χ4v) is 2.04. The number of rotatable bonds is 1. The average Bonchev–Trinajstić information content (AvgIpc) is 2.14. The zero-order chi connectivity index (χ0) is 13.4. The van der Waals surface area contributed by atoms with Crippen LogP contribution in [0.3, 0.4) is 0 Å². The molecular weight excluding hydrogens is 363 g/mol. The van der Waals surface area contributed by atoms with E-state index in [2.05, 4.69) is 0 Å². The number of hydrogen-bond donors (Lipinski definition) is 1. The molecule has 0 unspecified atom stereocenters. The van der Waals surface area contributed by atoms with E-state index in [0.29, 0.717) is 12.1 Å². The van der Waals surface area contributed by atoms with Crippen molar-refractivity contribution in [2.75, 3.05) is 0 Å². The minimum atomic E-state index is -4.71. The lowest BCUT2D eigenvalue weighted by Crippen LogP contribution is -2.16. The summed E-state index contributed by atoms with van der Waals surface area (Å²) >= 11 is 1.22. The van der Waals surface area contributed by atoms with E-state index in [9.17, 15) is 26.3 Å². The first-order valence-electron chi connectivity index (χ1n) is 4.24. The van der Waals surface area contributed by atoms with Gasteiger partial charge in [0.15, 0.2) is 0 Å². The van der Waals surface area contributed by atoms with Crippen molar-refractivity contribution in [1.82, 2.24) is 0 Å². The minimum Gasteiger partial charge on any atom is -0.326 e. The maximum absolute atomic E-state index is 12.5. The molecule has 96 valence electrons. The van der Waals surface area contributed by atoms with E-state index in [-0.39, 0.29) is 0 Å². The number of nitrogens with two attached hydrogens (primary N) is 1. The molecule has 0 aromatic heterocycles. The molecule has 1 nitrogen and oxygen atoms in total. The molecule has 0 heterocycles. The molecule has 1 aromatic carbocycles. The molecule has 0 aliphatic carbocycles. The van der Waals surface area contributed by atoms with Crippen LogP contribution in [0.25, 0.3) is 0 Å². The maximum Gasteiger partial charge on any atom is 0.417 e. The maximum atomic E-state index is 12.5. The van der Waals surface area contributed by atoms with Crippen molar-refractivity contribution in [3.63, 3.8) is 0 Å². The predicted octanol–water partition coefficient (Wildman–Crippen LogP) is 3.79. The van der Waals surface area contributed by atoms with Gasteiger partial charge in [0.1, 0.15) is 0 Å². The highest BCUT2D eigenvalue weighted by atomic mass is 127. The number of hydrogen-bond acceptors (Lipinski definition) is 1. The van der Waals surface area contributed by atoms with E-state index >= 15 is 0 Å². The van der Waals surface area contributed by atoms with E-state index in [1.807, 2.05) is 0 Å². The van der Waals surface area contributed by atoms with Crippen LogP contribution in [-0.4, -0.2) is 0 Å². The molecule has 0 radical (unpaired) electrons. The third kappa shape index (κ3) is 3.24. The van der Waals surface area contributed by atoms with Crippen molar-refractivity contribution in [1.29, 1.82) is 0 Å². The zero-order valence-electron chi connectivity index (χ0n) is 8.08. The molecule has 17 heavy (non-hydrogen) atoms. The summed E-state index contributed by atoms with van der Waals surface area (Å²) in [7, 11) is 0. The number of halogens is 7. The Hall–Kier alpha value is -0.510. The summed E-state index contributed by atoms with van der Waals surface area (Å²) in [6, 6.07) is 0.913. The third-order valence-electron chi connectivity index (χ3n) is 2.02. The average molecular weight is 369 g/mol. The largest absolute Gasteiger partial charge is 0.417 e. The van der Waals surface area contributed by atoms with Gasteiger partial charge in [0.25, 0.3) is 0 Å². The smallest absolute Gasteiger partial charge is 0.326 e. The first-order valence-corrected chi connectivity index (χ1v) is 5.32. The Balaban J connectivity index is 3.46. The van der Waals surface area contributed by atoms with Crippen molar-refractivity contribution in [2.24, 2.45) is 5.73 Å². The number of benzene rings is 1. The molecule has 0 spiro atoms. The van der Waals surface area contributed by atoms with Gasteiger partial charge in [-0.05, 0) is 40.3 Å². The van der Waals surface area contributed by atoms with Crippen LogP contribution in [-0.2, 0) is 18.9 Å². The molecule has 8 heteroatoms. The summed E-state index contributed by atoms with van der Waals surface area (Å²) in [4.78, 5) is 0. The molecule has 0 saturated carbocycles. The van der Waals surface area contributed by atoms with Crippen molar-refractivity contribution >= 4 is 22.6 Å². The standard InChI is InChI=1S/C9H6F6IN/c10-8(11,12)5-2-7(16)6(9(13,14)15)1-4(5)3-17/h1-2H,3,17H2. The first-order chi connectivity index (χ1) is 7.57. The van der Waals surface area contributed by atoms with E-state index in [0.717, 1.165) is 0 Å². The van der Waals surface area contributed by atoms with Crippen molar-refractivity contribution < 1.29 is 26.3 Å². The van der Waals surface area contributed by atoms with Crippen LogP contribution in [0.15, 0.2) is 12.1 Å². The van der Waals surface area contributed by atoms with E-state index in [1.54, 1.807) is 0 Å². The lowest BCUT2D eigenvalue weighted by molar-refractivity contribution is -0.142. The lowest BCUT2D eigenvalue weighted by atomic mass is 10.0. The van der Waals surface area contributed by atoms with Crippen LogP contribution >= 0.6 is 22.6 Å². The van der Waals surface area contributed by atoms with Gasteiger partial charge in [-0.2, -0.15) is 26.3 Å². The van der Waals surface area contributed by atoms with Crippen LogP contribution < -0.4 is 5.73 Å². The van der Waals surface area contributed by atoms with Gasteiger partial charge in [-0.25, -0.2) is 0 Å². The summed E-state index contributed by atoms with van der Waals surface area (Å²) < 4.78 is 74.4. The Kier molecular flexibility index (Phi) is 3.97. The van der Waals surface area contributed by atoms with E-state index in [4.69, 9.17) is 5.73 Å². The van der Waals surface area contributed by atoms with E-state index in [1.165, 1.54) is 22.6 Å². The summed E-state index contributed by atoms with van der Waals surface area (Å²) in [6.45, 7) is -0.602. The fourth-order valence-electron chi connectivity index (χ4n) is 1.27. The highest BCUT2D eigenvalue weighted by molar-refractivity contribution is 14.1. The second-order valence-electron chi connectivity index (χ2n) is 3.19.